The first-order chi connectivity index (χ1) is 25.8. The first-order valence-electron chi connectivity index (χ1n) is 17.9. The van der Waals surface area contributed by atoms with E-state index < -0.39 is 0 Å². The van der Waals surface area contributed by atoms with Gasteiger partial charge in [-0.15, -0.1) is 0 Å². The van der Waals surface area contributed by atoms with Crippen molar-refractivity contribution in [2.45, 2.75) is 50.9 Å². The largest absolute Gasteiger partial charge is 0.481 e. The van der Waals surface area contributed by atoms with Gasteiger partial charge >= 0.3 is 0 Å². The Hall–Kier alpha value is -4.81. The van der Waals surface area contributed by atoms with Crippen LogP contribution in [0.25, 0.3) is 39.2 Å². The molecule has 3 fully saturated rings. The number of amides is 2. The predicted octanol–water partition coefficient (Wildman–Crippen LogP) is 5.58. The number of rotatable bonds is 10. The van der Waals surface area contributed by atoms with Gasteiger partial charge < -0.3 is 20.3 Å². The highest BCUT2D eigenvalue weighted by Gasteiger charge is 2.35. The summed E-state index contributed by atoms with van der Waals surface area (Å²) in [6, 6.07) is 19.6. The molecule has 2 N–H and O–H groups in total. The molecular weight excluding hydrogens is 713 g/mol. The number of benzene rings is 2. The molecule has 2 aromatic carbocycles. The van der Waals surface area contributed by atoms with Gasteiger partial charge in [0.25, 0.3) is 5.56 Å². The summed E-state index contributed by atoms with van der Waals surface area (Å²) < 4.78 is 7.23. The van der Waals surface area contributed by atoms with Crippen LogP contribution >= 0.6 is 23.2 Å². The topological polar surface area (TPSA) is 121 Å². The van der Waals surface area contributed by atoms with Crippen molar-refractivity contribution in [3.63, 3.8) is 0 Å². The number of halogens is 2. The minimum atomic E-state index is -0.108. The Morgan fingerprint density at radius 2 is 1.68 bits per heavy atom. The Bertz CT molecular complexity index is 2300. The number of hydrogen-bond donors (Lipinski definition) is 2. The standard InChI is InChI=1S/C40H39Cl2N7O4/c1-53-39-25(19-43-21-27-9-12-35(50)45-27)8-11-33(46-39)32-7-3-6-31(38(32)42)30-5-2-4-29(37(30)41)24-14-15-49-34(18-24)44-20-26(40(49)52)22-47-16-17-48-28(23-47)10-13-36(48)51/h2-8,11,14-15,18,20,27-28,43H,9-10,12-13,16-17,19,21-23H2,1H3,(H,45,50)/t27-,28+/m1/s1. The number of hydrogen-bond acceptors (Lipinski definition) is 8. The molecule has 8 rings (SSSR count). The van der Waals surface area contributed by atoms with Crippen molar-refractivity contribution in [3.8, 4) is 39.4 Å². The van der Waals surface area contributed by atoms with Gasteiger partial charge in [-0.2, -0.15) is 0 Å². The molecule has 0 aliphatic carbocycles. The van der Waals surface area contributed by atoms with E-state index in [1.165, 1.54) is 0 Å². The number of carbonyl (C=O) groups excluding carboxylic acids is 2. The molecule has 0 bridgehead atoms. The van der Waals surface area contributed by atoms with Gasteiger partial charge in [-0.05, 0) is 36.6 Å². The first kappa shape index (κ1) is 35.2. The van der Waals surface area contributed by atoms with Crippen molar-refractivity contribution in [3.05, 3.63) is 105 Å². The van der Waals surface area contributed by atoms with Crippen molar-refractivity contribution in [1.29, 1.82) is 0 Å². The third-order valence-corrected chi connectivity index (χ3v) is 11.4. The third-order valence-electron chi connectivity index (χ3n) is 10.6. The predicted molar refractivity (Wildman–Crippen MR) is 205 cm³/mol. The number of pyridine rings is 2. The van der Waals surface area contributed by atoms with Crippen LogP contribution in [0.1, 0.15) is 36.8 Å². The van der Waals surface area contributed by atoms with Gasteiger partial charge in [0.1, 0.15) is 5.65 Å². The van der Waals surface area contributed by atoms with E-state index in [1.54, 1.807) is 23.9 Å². The molecule has 0 saturated carbocycles. The van der Waals surface area contributed by atoms with Gasteiger partial charge in [0.2, 0.25) is 17.7 Å². The van der Waals surface area contributed by atoms with E-state index in [4.69, 9.17) is 32.9 Å². The summed E-state index contributed by atoms with van der Waals surface area (Å²) in [6.45, 7) is 3.92. The zero-order valence-corrected chi connectivity index (χ0v) is 30.8. The van der Waals surface area contributed by atoms with Crippen LogP contribution in [-0.4, -0.2) is 81.4 Å². The normalized spacial score (nSPS) is 18.8. The van der Waals surface area contributed by atoms with Gasteiger partial charge in [0.15, 0.2) is 0 Å². The Kier molecular flexibility index (Phi) is 9.91. The molecule has 3 aliphatic rings. The lowest BCUT2D eigenvalue weighted by Gasteiger charge is -2.37. The Balaban J connectivity index is 1.02. The van der Waals surface area contributed by atoms with E-state index in [1.807, 2.05) is 65.6 Å². The van der Waals surface area contributed by atoms with Gasteiger partial charge in [-0.25, -0.2) is 9.97 Å². The molecule has 0 radical (unpaired) electrons. The van der Waals surface area contributed by atoms with E-state index >= 15 is 0 Å². The number of nitrogens with zero attached hydrogens (tertiary/aromatic N) is 5. The summed E-state index contributed by atoms with van der Waals surface area (Å²) in [6.07, 6.45) is 6.29. The highest BCUT2D eigenvalue weighted by Crippen LogP contribution is 2.42. The lowest BCUT2D eigenvalue weighted by molar-refractivity contribution is -0.130. The molecule has 13 heteroatoms. The molecular formula is C40H39Cl2N7O4. The number of methoxy groups -OCH3 is 1. The van der Waals surface area contributed by atoms with Crippen molar-refractivity contribution in [1.82, 2.24) is 34.8 Å². The summed E-state index contributed by atoms with van der Waals surface area (Å²) in [7, 11) is 1.59. The number of nitrogens with one attached hydrogen (secondary N) is 2. The lowest BCUT2D eigenvalue weighted by atomic mass is 9.97. The maximum Gasteiger partial charge on any atom is 0.262 e. The molecule has 3 saturated heterocycles. The van der Waals surface area contributed by atoms with Gasteiger partial charge in [0.05, 0.1) is 28.4 Å². The Labute approximate surface area is 316 Å². The zero-order chi connectivity index (χ0) is 36.6. The maximum absolute atomic E-state index is 13.5. The highest BCUT2D eigenvalue weighted by atomic mass is 35.5. The molecule has 53 heavy (non-hydrogen) atoms. The lowest BCUT2D eigenvalue weighted by Crippen LogP contribution is -2.51. The average molecular weight is 753 g/mol. The van der Waals surface area contributed by atoms with E-state index in [2.05, 4.69) is 20.5 Å². The van der Waals surface area contributed by atoms with Crippen molar-refractivity contribution in [2.75, 3.05) is 33.3 Å². The highest BCUT2D eigenvalue weighted by molar-refractivity contribution is 6.39. The number of ether oxygens (including phenoxy) is 1. The van der Waals surface area contributed by atoms with Gasteiger partial charge in [0, 0.05) is 104 Å². The van der Waals surface area contributed by atoms with Crippen LogP contribution in [-0.2, 0) is 22.7 Å². The van der Waals surface area contributed by atoms with Gasteiger partial charge in [-0.3, -0.25) is 23.7 Å². The van der Waals surface area contributed by atoms with Crippen molar-refractivity contribution >= 4 is 40.7 Å². The monoisotopic (exact) mass is 751 g/mol. The zero-order valence-electron chi connectivity index (χ0n) is 29.3. The quantitative estimate of drug-likeness (QED) is 0.190. The van der Waals surface area contributed by atoms with E-state index in [0.29, 0.717) is 71.9 Å². The molecule has 272 valence electrons. The number of carbonyl (C=O) groups is 2. The maximum atomic E-state index is 13.5. The van der Waals surface area contributed by atoms with Crippen LogP contribution in [0.2, 0.25) is 10.0 Å². The molecule has 6 heterocycles. The third kappa shape index (κ3) is 7.02. The molecule has 0 unspecified atom stereocenters. The summed E-state index contributed by atoms with van der Waals surface area (Å²) in [5, 5.41) is 7.39. The summed E-state index contributed by atoms with van der Waals surface area (Å²) in [5.74, 6) is 0.822. The Morgan fingerprint density at radius 1 is 0.906 bits per heavy atom. The molecule has 5 aromatic rings. The average Bonchev–Trinajstić information content (AvgIpc) is 3.76. The molecule has 11 nitrogen and oxygen atoms in total. The van der Waals surface area contributed by atoms with E-state index in [0.717, 1.165) is 59.3 Å². The van der Waals surface area contributed by atoms with Crippen LogP contribution in [0.4, 0.5) is 0 Å². The molecule has 3 aromatic heterocycles. The second-order valence-corrected chi connectivity index (χ2v) is 14.6. The van der Waals surface area contributed by atoms with E-state index in [9.17, 15) is 14.4 Å². The van der Waals surface area contributed by atoms with E-state index in [-0.39, 0.29) is 29.5 Å². The summed E-state index contributed by atoms with van der Waals surface area (Å²) in [5.41, 5.74) is 6.44. The molecule has 0 spiro atoms. The molecule has 2 atom stereocenters. The van der Waals surface area contributed by atoms with Crippen LogP contribution in [0.3, 0.4) is 0 Å². The second-order valence-electron chi connectivity index (χ2n) is 13.9. The fourth-order valence-electron chi connectivity index (χ4n) is 7.75. The molecule has 2 amide bonds. The Morgan fingerprint density at radius 3 is 2.45 bits per heavy atom. The minimum Gasteiger partial charge on any atom is -0.481 e. The number of fused-ring (bicyclic) bond motifs is 2. The fraction of sp³-hybridized carbons (Fsp3) is 0.325. The summed E-state index contributed by atoms with van der Waals surface area (Å²) in [4.78, 5) is 50.9. The second kappa shape index (κ2) is 14.9. The SMILES string of the molecule is COc1nc(-c2cccc(-c3cccc(-c4ccn5c(=O)c(CN6CCN7C(=O)CC[C@H]7C6)cnc5c4)c3Cl)c2Cl)ccc1CNC[C@H]1CCC(=O)N1. The van der Waals surface area contributed by atoms with Crippen LogP contribution in [0.15, 0.2) is 77.9 Å². The van der Waals surface area contributed by atoms with Gasteiger partial charge in [-0.1, -0.05) is 65.7 Å². The first-order valence-corrected chi connectivity index (χ1v) is 18.7. The molecule has 3 aliphatic heterocycles. The smallest absolute Gasteiger partial charge is 0.262 e. The number of aromatic nitrogens is 3. The van der Waals surface area contributed by atoms with Crippen LogP contribution in [0.5, 0.6) is 5.88 Å². The van der Waals surface area contributed by atoms with Crippen molar-refractivity contribution in [2.24, 2.45) is 0 Å². The summed E-state index contributed by atoms with van der Waals surface area (Å²) >= 11 is 14.2. The minimum absolute atomic E-state index is 0.0940. The van der Waals surface area contributed by atoms with Crippen LogP contribution < -0.4 is 20.9 Å². The fourth-order valence-corrected chi connectivity index (χ4v) is 8.41. The van der Waals surface area contributed by atoms with Crippen molar-refractivity contribution < 1.29 is 14.3 Å². The number of piperazine rings is 1. The van der Waals surface area contributed by atoms with Crippen LogP contribution in [0, 0.1) is 0 Å².